The van der Waals surface area contributed by atoms with Gasteiger partial charge in [0.1, 0.15) is 5.82 Å². The average Bonchev–Trinajstić information content (AvgIpc) is 2.79. The van der Waals surface area contributed by atoms with Crippen molar-refractivity contribution in [1.29, 1.82) is 0 Å². The molecule has 0 saturated carbocycles. The topological polar surface area (TPSA) is 97.5 Å². The zero-order valence-electron chi connectivity index (χ0n) is 17.4. The quantitative estimate of drug-likeness (QED) is 0.663. The zero-order valence-corrected chi connectivity index (χ0v) is 17.4. The number of amides is 1. The molecule has 0 spiro atoms. The molecule has 0 unspecified atom stereocenters. The lowest BCUT2D eigenvalue weighted by Gasteiger charge is -2.35. The number of fused-ring (bicyclic) bond motifs is 1. The van der Waals surface area contributed by atoms with Gasteiger partial charge < -0.3 is 15.4 Å². The minimum atomic E-state index is -0.427. The zero-order chi connectivity index (χ0) is 20.8. The molecule has 1 aliphatic carbocycles. The van der Waals surface area contributed by atoms with Crippen molar-refractivity contribution in [3.8, 4) is 5.88 Å². The largest absolute Gasteiger partial charge is 0.477 e. The van der Waals surface area contributed by atoms with Gasteiger partial charge in [0, 0.05) is 32.4 Å². The first-order chi connectivity index (χ1) is 14.7. The van der Waals surface area contributed by atoms with Crippen LogP contribution in [0, 0.1) is 0 Å². The van der Waals surface area contributed by atoms with Gasteiger partial charge in [0.15, 0.2) is 0 Å². The summed E-state index contributed by atoms with van der Waals surface area (Å²) in [7, 11) is 0. The van der Waals surface area contributed by atoms with Gasteiger partial charge in [-0.1, -0.05) is 0 Å². The number of unbranched alkanes of at least 4 members (excludes halogenated alkanes) is 1. The van der Waals surface area contributed by atoms with Crippen molar-refractivity contribution in [2.45, 2.75) is 38.5 Å². The lowest BCUT2D eigenvalue weighted by Crippen LogP contribution is -2.47. The molecule has 1 saturated heterocycles. The molecule has 8 heteroatoms. The second-order valence-electron chi connectivity index (χ2n) is 7.93. The van der Waals surface area contributed by atoms with Gasteiger partial charge in [0.25, 0.3) is 5.91 Å². The summed E-state index contributed by atoms with van der Waals surface area (Å²) in [5.74, 6) is 0.929. The van der Waals surface area contributed by atoms with E-state index in [2.05, 4.69) is 24.8 Å². The molecule has 1 aliphatic heterocycles. The van der Waals surface area contributed by atoms with E-state index in [-0.39, 0.29) is 0 Å². The molecule has 2 aromatic rings. The van der Waals surface area contributed by atoms with Crippen LogP contribution in [0.25, 0.3) is 0 Å². The maximum Gasteiger partial charge on any atom is 0.252 e. The third kappa shape index (κ3) is 5.05. The Balaban J connectivity index is 1.16. The summed E-state index contributed by atoms with van der Waals surface area (Å²) in [6, 6.07) is 3.49. The number of ether oxygens (including phenoxy) is 1. The Morgan fingerprint density at radius 3 is 2.67 bits per heavy atom. The predicted octanol–water partition coefficient (Wildman–Crippen LogP) is 1.83. The number of piperazine rings is 1. The molecule has 4 rings (SSSR count). The number of carbonyl (C=O) groups is 1. The number of carbonyl (C=O) groups excluding carboxylic acids is 1. The van der Waals surface area contributed by atoms with Gasteiger partial charge in [0.2, 0.25) is 5.88 Å². The Morgan fingerprint density at radius 2 is 1.87 bits per heavy atom. The predicted molar refractivity (Wildman–Crippen MR) is 115 cm³/mol. The second-order valence-corrected chi connectivity index (χ2v) is 7.93. The normalized spacial score (nSPS) is 16.9. The molecule has 0 atom stereocenters. The van der Waals surface area contributed by atoms with Gasteiger partial charge >= 0.3 is 0 Å². The van der Waals surface area contributed by atoms with Crippen LogP contribution in [0.1, 0.15) is 47.4 Å². The Bertz CT molecular complexity index is 866. The minimum absolute atomic E-state index is 0.427. The molecule has 0 radical (unpaired) electrons. The average molecular weight is 411 g/mol. The smallest absolute Gasteiger partial charge is 0.252 e. The summed E-state index contributed by atoms with van der Waals surface area (Å²) in [4.78, 5) is 29.7. The van der Waals surface area contributed by atoms with Crippen molar-refractivity contribution < 1.29 is 9.53 Å². The SMILES string of the molecule is NC(=O)c1cccnc1N1CCN(CCCCOc2cnc3c(n2)CCCC3)CC1. The molecule has 2 aliphatic rings. The van der Waals surface area contributed by atoms with Crippen molar-refractivity contribution in [3.05, 3.63) is 41.5 Å². The number of hydrogen-bond donors (Lipinski definition) is 1. The Morgan fingerprint density at radius 1 is 1.07 bits per heavy atom. The van der Waals surface area contributed by atoms with Crippen LogP contribution in [0.5, 0.6) is 5.88 Å². The highest BCUT2D eigenvalue weighted by Crippen LogP contribution is 2.20. The highest BCUT2D eigenvalue weighted by molar-refractivity contribution is 5.97. The van der Waals surface area contributed by atoms with Crippen molar-refractivity contribution in [3.63, 3.8) is 0 Å². The third-order valence-corrected chi connectivity index (χ3v) is 5.83. The van der Waals surface area contributed by atoms with E-state index >= 15 is 0 Å². The first-order valence-corrected chi connectivity index (χ1v) is 10.9. The summed E-state index contributed by atoms with van der Waals surface area (Å²) in [6.07, 6.45) is 10.0. The molecule has 2 aromatic heterocycles. The number of nitrogens with two attached hydrogens (primary N) is 1. The fourth-order valence-corrected chi connectivity index (χ4v) is 4.14. The number of aromatic nitrogens is 3. The van der Waals surface area contributed by atoms with E-state index in [1.54, 1.807) is 24.5 Å². The summed E-state index contributed by atoms with van der Waals surface area (Å²) in [5.41, 5.74) is 8.23. The second kappa shape index (κ2) is 9.84. The van der Waals surface area contributed by atoms with Gasteiger partial charge in [-0.05, 0) is 57.2 Å². The van der Waals surface area contributed by atoms with Crippen LogP contribution in [-0.2, 0) is 12.8 Å². The molecule has 1 fully saturated rings. The molecule has 8 nitrogen and oxygen atoms in total. The van der Waals surface area contributed by atoms with E-state index < -0.39 is 5.91 Å². The van der Waals surface area contributed by atoms with Crippen LogP contribution >= 0.6 is 0 Å². The minimum Gasteiger partial charge on any atom is -0.477 e. The van der Waals surface area contributed by atoms with Crippen molar-refractivity contribution in [2.24, 2.45) is 5.73 Å². The molecule has 160 valence electrons. The number of hydrogen-bond acceptors (Lipinski definition) is 7. The fourth-order valence-electron chi connectivity index (χ4n) is 4.14. The van der Waals surface area contributed by atoms with E-state index in [0.29, 0.717) is 23.9 Å². The maximum atomic E-state index is 11.6. The van der Waals surface area contributed by atoms with Crippen LogP contribution < -0.4 is 15.4 Å². The fraction of sp³-hybridized carbons (Fsp3) is 0.545. The van der Waals surface area contributed by atoms with Gasteiger partial charge in [0.05, 0.1) is 29.8 Å². The molecular formula is C22H30N6O2. The Kier molecular flexibility index (Phi) is 6.74. The number of primary amides is 1. The van der Waals surface area contributed by atoms with Gasteiger partial charge in [-0.25, -0.2) is 9.97 Å². The highest BCUT2D eigenvalue weighted by atomic mass is 16.5. The number of anilines is 1. The number of pyridine rings is 1. The standard InChI is InChI=1S/C22H30N6O2/c23-21(29)17-6-5-9-24-22(17)28-13-11-27(12-14-28)10-3-4-15-30-20-16-25-18-7-1-2-8-19(18)26-20/h5-6,9,16H,1-4,7-8,10-15H2,(H2,23,29). The van der Waals surface area contributed by atoms with Crippen molar-refractivity contribution >= 4 is 11.7 Å². The lowest BCUT2D eigenvalue weighted by molar-refractivity contribution is 0.1000. The molecular weight excluding hydrogens is 380 g/mol. The van der Waals surface area contributed by atoms with Gasteiger partial charge in [-0.3, -0.25) is 14.7 Å². The third-order valence-electron chi connectivity index (χ3n) is 5.83. The van der Waals surface area contributed by atoms with Crippen LogP contribution in [0.15, 0.2) is 24.5 Å². The number of nitrogens with zero attached hydrogens (tertiary/aromatic N) is 5. The number of rotatable bonds is 8. The summed E-state index contributed by atoms with van der Waals surface area (Å²) in [6.45, 7) is 5.30. The van der Waals surface area contributed by atoms with E-state index in [4.69, 9.17) is 10.5 Å². The van der Waals surface area contributed by atoms with Crippen LogP contribution in [0.3, 0.4) is 0 Å². The van der Waals surface area contributed by atoms with Crippen LogP contribution in [0.4, 0.5) is 5.82 Å². The van der Waals surface area contributed by atoms with E-state index in [1.165, 1.54) is 12.8 Å². The lowest BCUT2D eigenvalue weighted by atomic mass is 10.0. The first-order valence-electron chi connectivity index (χ1n) is 10.9. The Labute approximate surface area is 177 Å². The van der Waals surface area contributed by atoms with Crippen LogP contribution in [-0.4, -0.2) is 65.1 Å². The van der Waals surface area contributed by atoms with Gasteiger partial charge in [-0.2, -0.15) is 0 Å². The summed E-state index contributed by atoms with van der Waals surface area (Å²) >= 11 is 0. The highest BCUT2D eigenvalue weighted by Gasteiger charge is 2.21. The molecule has 2 N–H and O–H groups in total. The molecule has 1 amide bonds. The molecule has 0 bridgehead atoms. The summed E-state index contributed by atoms with van der Waals surface area (Å²) < 4.78 is 5.82. The van der Waals surface area contributed by atoms with E-state index in [1.807, 2.05) is 0 Å². The molecule has 0 aromatic carbocycles. The van der Waals surface area contributed by atoms with Crippen molar-refractivity contribution in [2.75, 3.05) is 44.2 Å². The van der Waals surface area contributed by atoms with Crippen molar-refractivity contribution in [1.82, 2.24) is 19.9 Å². The Hall–Kier alpha value is -2.74. The van der Waals surface area contributed by atoms with E-state index in [9.17, 15) is 4.79 Å². The monoisotopic (exact) mass is 410 g/mol. The van der Waals surface area contributed by atoms with Crippen LogP contribution in [0.2, 0.25) is 0 Å². The maximum absolute atomic E-state index is 11.6. The molecule has 3 heterocycles. The number of aryl methyl sites for hydroxylation is 2. The molecule has 30 heavy (non-hydrogen) atoms. The summed E-state index contributed by atoms with van der Waals surface area (Å²) in [5, 5.41) is 0. The first kappa shape index (κ1) is 20.5. The van der Waals surface area contributed by atoms with E-state index in [0.717, 1.165) is 69.8 Å². The van der Waals surface area contributed by atoms with Gasteiger partial charge in [-0.15, -0.1) is 0 Å².